The van der Waals surface area contributed by atoms with Crippen LogP contribution in [0.2, 0.25) is 5.02 Å². The van der Waals surface area contributed by atoms with Gasteiger partial charge in [-0.1, -0.05) is 41.1 Å². The van der Waals surface area contributed by atoms with Crippen molar-refractivity contribution in [1.29, 1.82) is 0 Å². The number of rotatable bonds is 6. The van der Waals surface area contributed by atoms with E-state index in [0.29, 0.717) is 44.4 Å². The Kier molecular flexibility index (Phi) is 6.54. The van der Waals surface area contributed by atoms with Crippen LogP contribution in [0.5, 0.6) is 5.75 Å². The molecule has 5 rings (SSSR count). The number of aryl methyl sites for hydroxylation is 2. The molecule has 5 aromatic rings. The summed E-state index contributed by atoms with van der Waals surface area (Å²) in [4.78, 5) is 21.6. The molecule has 0 aliphatic carbocycles. The highest BCUT2D eigenvalue weighted by molar-refractivity contribution is 6.31. The van der Waals surface area contributed by atoms with Crippen LogP contribution >= 0.6 is 11.6 Å². The Labute approximate surface area is 218 Å². The number of aromatic nitrogens is 5. The van der Waals surface area contributed by atoms with E-state index in [1.807, 2.05) is 25.1 Å². The maximum atomic E-state index is 13.7. The molecule has 182 valence electrons. The second kappa shape index (κ2) is 10.1. The van der Waals surface area contributed by atoms with Crippen molar-refractivity contribution < 1.29 is 4.74 Å². The van der Waals surface area contributed by atoms with Gasteiger partial charge in [0.25, 0.3) is 5.56 Å². The first-order valence-corrected chi connectivity index (χ1v) is 11.8. The molecule has 0 aliphatic heterocycles. The number of nitrogens with zero attached hydrogens (tertiary/aromatic N) is 6. The van der Waals surface area contributed by atoms with E-state index in [2.05, 4.69) is 20.1 Å². The second-order valence-electron chi connectivity index (χ2n) is 8.37. The van der Waals surface area contributed by atoms with Crippen LogP contribution in [0, 0.1) is 13.5 Å². The summed E-state index contributed by atoms with van der Waals surface area (Å²) in [6, 6.07) is 17.8. The van der Waals surface area contributed by atoms with Gasteiger partial charge in [-0.05, 0) is 60.0 Å². The number of ether oxygens (including phenoxy) is 1. The van der Waals surface area contributed by atoms with E-state index in [0.717, 1.165) is 11.4 Å². The Hall–Kier alpha value is -4.74. The molecule has 3 aromatic heterocycles. The molecule has 9 heteroatoms. The fourth-order valence-electron chi connectivity index (χ4n) is 4.07. The molecule has 0 fully saturated rings. The number of halogens is 1. The van der Waals surface area contributed by atoms with Gasteiger partial charge in [0.1, 0.15) is 12.4 Å². The Balaban J connectivity index is 1.65. The molecule has 0 N–H and O–H groups in total. The van der Waals surface area contributed by atoms with Crippen molar-refractivity contribution in [3.05, 3.63) is 117 Å². The third kappa shape index (κ3) is 4.85. The van der Waals surface area contributed by atoms with E-state index < -0.39 is 0 Å². The first-order chi connectivity index (χ1) is 17.9. The fourth-order valence-corrected chi connectivity index (χ4v) is 4.30. The average molecular weight is 509 g/mol. The Bertz CT molecular complexity index is 1680. The smallest absolute Gasteiger partial charge is 0.263 e. The maximum absolute atomic E-state index is 13.7. The van der Waals surface area contributed by atoms with Gasteiger partial charge >= 0.3 is 0 Å². The van der Waals surface area contributed by atoms with E-state index in [-0.39, 0.29) is 12.2 Å². The molecule has 0 aliphatic rings. The summed E-state index contributed by atoms with van der Waals surface area (Å²) < 4.78 is 9.21. The van der Waals surface area contributed by atoms with Gasteiger partial charge in [0, 0.05) is 30.0 Å². The van der Waals surface area contributed by atoms with Crippen molar-refractivity contribution in [3.63, 3.8) is 0 Å². The lowest BCUT2D eigenvalue weighted by atomic mass is 10.00. The summed E-state index contributed by atoms with van der Waals surface area (Å²) in [6.07, 6.45) is 4.99. The molecular weight excluding hydrogens is 488 g/mol. The predicted molar refractivity (Wildman–Crippen MR) is 142 cm³/mol. The van der Waals surface area contributed by atoms with E-state index in [9.17, 15) is 4.79 Å². The molecule has 0 bridgehead atoms. The van der Waals surface area contributed by atoms with E-state index in [1.54, 1.807) is 72.8 Å². The van der Waals surface area contributed by atoms with Gasteiger partial charge in [-0.3, -0.25) is 14.3 Å². The van der Waals surface area contributed by atoms with Gasteiger partial charge in [0.05, 0.1) is 29.8 Å². The van der Waals surface area contributed by atoms with Crippen molar-refractivity contribution in [2.24, 2.45) is 7.05 Å². The molecule has 0 saturated heterocycles. The van der Waals surface area contributed by atoms with Crippen molar-refractivity contribution in [2.75, 3.05) is 0 Å². The molecule has 0 saturated carbocycles. The largest absolute Gasteiger partial charge is 0.487 e. The van der Waals surface area contributed by atoms with Gasteiger partial charge in [-0.15, -0.1) is 5.10 Å². The molecule has 0 spiro atoms. The summed E-state index contributed by atoms with van der Waals surface area (Å²) in [5.74, 6) is 0.502. The zero-order valence-electron chi connectivity index (χ0n) is 20.1. The van der Waals surface area contributed by atoms with E-state index in [1.165, 1.54) is 4.57 Å². The third-order valence-corrected chi connectivity index (χ3v) is 6.19. The van der Waals surface area contributed by atoms with Crippen LogP contribution in [0.15, 0.2) is 84.0 Å². The van der Waals surface area contributed by atoms with Crippen LogP contribution in [0.3, 0.4) is 0 Å². The Morgan fingerprint density at radius 2 is 1.89 bits per heavy atom. The molecule has 0 atom stereocenters. The van der Waals surface area contributed by atoms with Gasteiger partial charge < -0.3 is 4.74 Å². The van der Waals surface area contributed by atoms with Gasteiger partial charge in [-0.25, -0.2) is 9.53 Å². The highest BCUT2D eigenvalue weighted by atomic mass is 35.5. The zero-order valence-corrected chi connectivity index (χ0v) is 20.8. The summed E-state index contributed by atoms with van der Waals surface area (Å²) in [7, 11) is 1.80. The van der Waals surface area contributed by atoms with Crippen LogP contribution in [0.1, 0.15) is 11.4 Å². The van der Waals surface area contributed by atoms with Crippen LogP contribution in [0.4, 0.5) is 5.69 Å². The van der Waals surface area contributed by atoms with Crippen LogP contribution < -0.4 is 10.3 Å². The monoisotopic (exact) mass is 508 g/mol. The van der Waals surface area contributed by atoms with Gasteiger partial charge in [0.15, 0.2) is 5.69 Å². The van der Waals surface area contributed by atoms with E-state index in [4.69, 9.17) is 22.9 Å². The van der Waals surface area contributed by atoms with Crippen molar-refractivity contribution >= 4 is 17.3 Å². The molecule has 0 unspecified atom stereocenters. The predicted octanol–water partition coefficient (Wildman–Crippen LogP) is 5.79. The molecule has 8 nitrogen and oxygen atoms in total. The lowest BCUT2D eigenvalue weighted by Crippen LogP contribution is -2.20. The van der Waals surface area contributed by atoms with Crippen LogP contribution in [-0.4, -0.2) is 24.5 Å². The zero-order chi connectivity index (χ0) is 25.9. The normalized spacial score (nSPS) is 10.8. The second-order valence-corrected chi connectivity index (χ2v) is 8.80. The SMILES string of the molecule is [C-]#[N+]c1ccccc1-c1cc(-c2cc(Cl)cc(OCc3c(C)nnn3C)c2)c(=O)n(-c2cccnc2)c1. The highest BCUT2D eigenvalue weighted by Crippen LogP contribution is 2.34. The molecule has 3 heterocycles. The highest BCUT2D eigenvalue weighted by Gasteiger charge is 2.16. The number of pyridine rings is 2. The van der Waals surface area contributed by atoms with Crippen molar-refractivity contribution in [1.82, 2.24) is 24.5 Å². The quantitative estimate of drug-likeness (QED) is 0.271. The lowest BCUT2D eigenvalue weighted by Gasteiger charge is -2.14. The minimum Gasteiger partial charge on any atom is -0.487 e. The fraction of sp³-hybridized carbons (Fsp3) is 0.107. The number of benzene rings is 2. The average Bonchev–Trinajstić information content (AvgIpc) is 3.24. The summed E-state index contributed by atoms with van der Waals surface area (Å²) in [6.45, 7) is 9.71. The molecule has 37 heavy (non-hydrogen) atoms. The molecule has 0 amide bonds. The number of hydrogen-bond donors (Lipinski definition) is 0. The molecule has 0 radical (unpaired) electrons. The summed E-state index contributed by atoms with van der Waals surface area (Å²) in [5.41, 5.74) is 4.87. The summed E-state index contributed by atoms with van der Waals surface area (Å²) in [5, 5.41) is 8.48. The Morgan fingerprint density at radius 1 is 1.05 bits per heavy atom. The standard InChI is InChI=1S/C28H21ClN6O2/c1-18-27(34(3)33-32-18)17-37-23-12-19(11-21(29)14-23)25-13-20(24-8-4-5-9-26(24)30-2)16-35(28(25)36)22-7-6-10-31-15-22/h4-16H,17H2,1,3H3. The first-order valence-electron chi connectivity index (χ1n) is 11.4. The van der Waals surface area contributed by atoms with Gasteiger partial charge in [0.2, 0.25) is 0 Å². The minimum atomic E-state index is -0.253. The number of hydrogen-bond acceptors (Lipinski definition) is 5. The topological polar surface area (TPSA) is 79.2 Å². The molecular formula is C28H21ClN6O2. The van der Waals surface area contributed by atoms with Crippen molar-refractivity contribution in [3.8, 4) is 33.7 Å². The third-order valence-electron chi connectivity index (χ3n) is 5.97. The van der Waals surface area contributed by atoms with Gasteiger partial charge in [-0.2, -0.15) is 0 Å². The van der Waals surface area contributed by atoms with Crippen molar-refractivity contribution in [2.45, 2.75) is 13.5 Å². The lowest BCUT2D eigenvalue weighted by molar-refractivity contribution is 0.294. The molecule has 2 aromatic carbocycles. The van der Waals surface area contributed by atoms with E-state index >= 15 is 0 Å². The van der Waals surface area contributed by atoms with Crippen LogP contribution in [0.25, 0.3) is 32.8 Å². The summed E-state index contributed by atoms with van der Waals surface area (Å²) >= 11 is 6.47. The Morgan fingerprint density at radius 3 is 2.62 bits per heavy atom. The first kappa shape index (κ1) is 24.0. The minimum absolute atomic E-state index is 0.244. The van der Waals surface area contributed by atoms with Crippen LogP contribution in [-0.2, 0) is 13.7 Å². The number of para-hydroxylation sites is 1. The maximum Gasteiger partial charge on any atom is 0.263 e.